The van der Waals surface area contributed by atoms with Gasteiger partial charge in [0, 0.05) is 0 Å². The van der Waals surface area contributed by atoms with E-state index in [0.717, 1.165) is 0 Å². The smallest absolute Gasteiger partial charge is 0.241 e. The molecule has 1 heterocycles. The molecule has 0 fully saturated rings. The van der Waals surface area contributed by atoms with Gasteiger partial charge < -0.3 is 20.8 Å². The SMILES string of the molecule is COc1cnc(S(=O)c2ccccc2NC(=O)[C@@H](N)CC(C)C)[nH]1. The van der Waals surface area contributed by atoms with E-state index in [4.69, 9.17) is 10.5 Å². The Labute approximate surface area is 143 Å². The third-order valence-electron chi connectivity index (χ3n) is 3.33. The summed E-state index contributed by atoms with van der Waals surface area (Å²) in [6.45, 7) is 4.00. The zero-order chi connectivity index (χ0) is 17.7. The lowest BCUT2D eigenvalue weighted by atomic mass is 10.0. The molecule has 130 valence electrons. The van der Waals surface area contributed by atoms with Crippen LogP contribution in [0.5, 0.6) is 5.88 Å². The Morgan fingerprint density at radius 2 is 2.12 bits per heavy atom. The van der Waals surface area contributed by atoms with Crippen LogP contribution in [-0.2, 0) is 15.6 Å². The number of carbonyl (C=O) groups excluding carboxylic acids is 1. The largest absolute Gasteiger partial charge is 0.481 e. The number of H-pyrrole nitrogens is 1. The molecule has 0 aliphatic rings. The summed E-state index contributed by atoms with van der Waals surface area (Å²) in [5.41, 5.74) is 6.36. The average Bonchev–Trinajstić information content (AvgIpc) is 3.03. The van der Waals surface area contributed by atoms with Crippen LogP contribution in [0.4, 0.5) is 5.69 Å². The maximum absolute atomic E-state index is 12.7. The monoisotopic (exact) mass is 350 g/mol. The number of methoxy groups -OCH3 is 1. The second kappa shape index (κ2) is 8.07. The van der Waals surface area contributed by atoms with Crippen LogP contribution in [0.2, 0.25) is 0 Å². The first kappa shape index (κ1) is 18.2. The van der Waals surface area contributed by atoms with Crippen LogP contribution in [-0.4, -0.2) is 33.2 Å². The van der Waals surface area contributed by atoms with Crippen molar-refractivity contribution >= 4 is 22.4 Å². The molecule has 0 saturated carbocycles. The summed E-state index contributed by atoms with van der Waals surface area (Å²) in [5, 5.41) is 3.01. The lowest BCUT2D eigenvalue weighted by molar-refractivity contribution is -0.117. The summed E-state index contributed by atoms with van der Waals surface area (Å²) in [7, 11) is -0.0911. The molecule has 4 N–H and O–H groups in total. The summed E-state index contributed by atoms with van der Waals surface area (Å²) in [6, 6.07) is 6.25. The van der Waals surface area contributed by atoms with Gasteiger partial charge in [-0.05, 0) is 24.5 Å². The Hall–Kier alpha value is -2.19. The summed E-state index contributed by atoms with van der Waals surface area (Å²) in [4.78, 5) is 19.5. The zero-order valence-electron chi connectivity index (χ0n) is 13.9. The van der Waals surface area contributed by atoms with Crippen molar-refractivity contribution in [3.8, 4) is 5.88 Å². The van der Waals surface area contributed by atoms with E-state index < -0.39 is 16.8 Å². The number of benzene rings is 1. The number of amides is 1. The number of rotatable bonds is 7. The number of hydrogen-bond acceptors (Lipinski definition) is 5. The van der Waals surface area contributed by atoms with E-state index in [9.17, 15) is 9.00 Å². The predicted molar refractivity (Wildman–Crippen MR) is 92.3 cm³/mol. The van der Waals surface area contributed by atoms with Gasteiger partial charge in [0.25, 0.3) is 0 Å². The summed E-state index contributed by atoms with van der Waals surface area (Å²) in [6.07, 6.45) is 2.03. The normalized spacial score (nSPS) is 13.5. The average molecular weight is 350 g/mol. The van der Waals surface area contributed by atoms with E-state index in [0.29, 0.717) is 28.8 Å². The van der Waals surface area contributed by atoms with Crippen LogP contribution in [0.25, 0.3) is 0 Å². The fourth-order valence-corrected chi connectivity index (χ4v) is 3.23. The Balaban J connectivity index is 2.21. The van der Waals surface area contributed by atoms with Crippen LogP contribution in [0, 0.1) is 5.92 Å². The Morgan fingerprint density at radius 1 is 1.42 bits per heavy atom. The van der Waals surface area contributed by atoms with Gasteiger partial charge in [0.15, 0.2) is 0 Å². The zero-order valence-corrected chi connectivity index (χ0v) is 14.7. The van der Waals surface area contributed by atoms with Gasteiger partial charge in [0.1, 0.15) is 10.8 Å². The number of nitrogens with zero attached hydrogens (tertiary/aromatic N) is 1. The van der Waals surface area contributed by atoms with Crippen molar-refractivity contribution in [1.82, 2.24) is 9.97 Å². The first-order chi connectivity index (χ1) is 11.4. The third kappa shape index (κ3) is 4.42. The van der Waals surface area contributed by atoms with Gasteiger partial charge in [-0.2, -0.15) is 0 Å². The summed E-state index contributed by atoms with van der Waals surface area (Å²) >= 11 is 0. The number of nitrogens with one attached hydrogen (secondary N) is 2. The van der Waals surface area contributed by atoms with Gasteiger partial charge >= 0.3 is 0 Å². The maximum atomic E-state index is 12.7. The van der Waals surface area contributed by atoms with Gasteiger partial charge in [-0.1, -0.05) is 26.0 Å². The van der Waals surface area contributed by atoms with Gasteiger partial charge in [0.2, 0.25) is 16.9 Å². The Kier molecular flexibility index (Phi) is 6.10. The molecule has 1 unspecified atom stereocenters. The van der Waals surface area contributed by atoms with E-state index in [-0.39, 0.29) is 11.1 Å². The number of imidazole rings is 1. The number of para-hydroxylation sites is 1. The fraction of sp³-hybridized carbons (Fsp3) is 0.375. The topological polar surface area (TPSA) is 110 Å². The van der Waals surface area contributed by atoms with E-state index in [1.165, 1.54) is 13.3 Å². The second-order valence-corrected chi connectivity index (χ2v) is 7.11. The van der Waals surface area contributed by atoms with Gasteiger partial charge in [-0.3, -0.25) is 4.79 Å². The van der Waals surface area contributed by atoms with Crippen molar-refractivity contribution < 1.29 is 13.7 Å². The molecule has 2 aromatic rings. The molecule has 7 nitrogen and oxygen atoms in total. The van der Waals surface area contributed by atoms with E-state index >= 15 is 0 Å². The standard InChI is InChI=1S/C16H22N4O3S/c1-10(2)8-11(17)15(21)19-12-6-4-5-7-13(12)24(22)16-18-9-14(20-16)23-3/h4-7,9-11H,8,17H2,1-3H3,(H,18,20)(H,19,21)/t11-,24?/m0/s1. The molecule has 0 saturated heterocycles. The van der Waals surface area contributed by atoms with Crippen LogP contribution >= 0.6 is 0 Å². The highest BCUT2D eigenvalue weighted by atomic mass is 32.2. The number of aromatic amines is 1. The Morgan fingerprint density at radius 3 is 2.75 bits per heavy atom. The van der Waals surface area contributed by atoms with Crippen LogP contribution in [0.15, 0.2) is 40.5 Å². The molecule has 2 atom stereocenters. The van der Waals surface area contributed by atoms with Crippen LogP contribution < -0.4 is 15.8 Å². The summed E-state index contributed by atoms with van der Waals surface area (Å²) < 4.78 is 17.7. The molecule has 0 aliphatic heterocycles. The van der Waals surface area contributed by atoms with Gasteiger partial charge in [-0.15, -0.1) is 0 Å². The number of ether oxygens (including phenoxy) is 1. The molecule has 0 aliphatic carbocycles. The lowest BCUT2D eigenvalue weighted by Crippen LogP contribution is -2.36. The predicted octanol–water partition coefficient (Wildman–Crippen LogP) is 1.90. The first-order valence-corrected chi connectivity index (χ1v) is 8.73. The minimum Gasteiger partial charge on any atom is -0.481 e. The summed E-state index contributed by atoms with van der Waals surface area (Å²) in [5.74, 6) is 0.426. The van der Waals surface area contributed by atoms with Crippen LogP contribution in [0.3, 0.4) is 0 Å². The van der Waals surface area contributed by atoms with Crippen LogP contribution in [0.1, 0.15) is 20.3 Å². The molecule has 1 amide bonds. The van der Waals surface area contributed by atoms with Crippen molar-refractivity contribution in [2.45, 2.75) is 36.4 Å². The van der Waals surface area contributed by atoms with Gasteiger partial charge in [-0.25, -0.2) is 9.19 Å². The minimum atomic E-state index is -1.58. The molecule has 2 rings (SSSR count). The van der Waals surface area contributed by atoms with E-state index in [1.807, 2.05) is 13.8 Å². The number of hydrogen-bond donors (Lipinski definition) is 3. The number of aromatic nitrogens is 2. The fourth-order valence-electron chi connectivity index (χ4n) is 2.16. The molecule has 1 aromatic carbocycles. The molecule has 0 radical (unpaired) electrons. The highest BCUT2D eigenvalue weighted by molar-refractivity contribution is 7.85. The lowest BCUT2D eigenvalue weighted by Gasteiger charge is -2.15. The maximum Gasteiger partial charge on any atom is 0.241 e. The quantitative estimate of drug-likeness (QED) is 0.706. The molecule has 1 aromatic heterocycles. The highest BCUT2D eigenvalue weighted by Crippen LogP contribution is 2.24. The number of anilines is 1. The van der Waals surface area contributed by atoms with Gasteiger partial charge in [0.05, 0.1) is 29.9 Å². The van der Waals surface area contributed by atoms with E-state index in [2.05, 4.69) is 15.3 Å². The van der Waals surface area contributed by atoms with Crippen molar-refractivity contribution in [3.05, 3.63) is 30.5 Å². The minimum absolute atomic E-state index is 0.250. The number of nitrogens with two attached hydrogens (primary N) is 1. The number of carbonyl (C=O) groups is 1. The van der Waals surface area contributed by atoms with Crippen molar-refractivity contribution in [1.29, 1.82) is 0 Å². The van der Waals surface area contributed by atoms with Crippen molar-refractivity contribution in [3.63, 3.8) is 0 Å². The van der Waals surface area contributed by atoms with Crippen molar-refractivity contribution in [2.24, 2.45) is 11.7 Å². The molecule has 0 bridgehead atoms. The molecule has 24 heavy (non-hydrogen) atoms. The van der Waals surface area contributed by atoms with Crippen molar-refractivity contribution in [2.75, 3.05) is 12.4 Å². The first-order valence-electron chi connectivity index (χ1n) is 7.58. The molecule has 0 spiro atoms. The third-order valence-corrected chi connectivity index (χ3v) is 4.65. The second-order valence-electron chi connectivity index (χ2n) is 5.75. The molecular formula is C16H22N4O3S. The molecule has 8 heteroatoms. The highest BCUT2D eigenvalue weighted by Gasteiger charge is 2.20. The Bertz CT molecular complexity index is 730. The molecular weight excluding hydrogens is 328 g/mol. The van der Waals surface area contributed by atoms with E-state index in [1.54, 1.807) is 24.3 Å².